The van der Waals surface area contributed by atoms with Gasteiger partial charge in [-0.3, -0.25) is 0 Å². The third-order valence-electron chi connectivity index (χ3n) is 12.7. The fourth-order valence-electron chi connectivity index (χ4n) is 9.78. The first kappa shape index (κ1) is 34.3. The topological polar surface area (TPSA) is 0 Å². The Bertz CT molecular complexity index is 3290. The van der Waals surface area contributed by atoms with E-state index in [2.05, 4.69) is 231 Å². The van der Waals surface area contributed by atoms with Crippen molar-refractivity contribution in [3.63, 3.8) is 0 Å². The van der Waals surface area contributed by atoms with Crippen LogP contribution in [0.15, 0.2) is 231 Å². The molecule has 0 aliphatic carbocycles. The van der Waals surface area contributed by atoms with E-state index in [1.54, 1.807) is 0 Å². The third kappa shape index (κ3) is 5.53. The van der Waals surface area contributed by atoms with Crippen molar-refractivity contribution >= 4 is 53.9 Å². The van der Waals surface area contributed by atoms with E-state index in [1.807, 2.05) is 0 Å². The van der Waals surface area contributed by atoms with Crippen molar-refractivity contribution in [2.75, 3.05) is 0 Å². The maximum absolute atomic E-state index is 2.45. The Morgan fingerprint density at radius 3 is 0.900 bits per heavy atom. The van der Waals surface area contributed by atoms with Crippen LogP contribution in [-0.2, 0) is 0 Å². The minimum absolute atomic E-state index is 1.21. The molecule has 0 fully saturated rings. The van der Waals surface area contributed by atoms with E-state index in [1.165, 1.54) is 121 Å². The second-order valence-corrected chi connectivity index (χ2v) is 16.0. The summed E-state index contributed by atoms with van der Waals surface area (Å²) in [5.41, 5.74) is 14.8. The smallest absolute Gasteiger partial charge is 0.00139 e. The van der Waals surface area contributed by atoms with E-state index in [0.717, 1.165) is 0 Å². The first-order valence-corrected chi connectivity index (χ1v) is 20.8. The van der Waals surface area contributed by atoms with Crippen LogP contribution in [0.4, 0.5) is 0 Å². The Hall–Kier alpha value is -7.80. The monoisotopic (exact) mass is 758 g/mol. The zero-order valence-electron chi connectivity index (χ0n) is 32.9. The van der Waals surface area contributed by atoms with Gasteiger partial charge in [0.05, 0.1) is 0 Å². The van der Waals surface area contributed by atoms with Crippen molar-refractivity contribution in [1.29, 1.82) is 0 Å². The number of benzene rings is 12. The molecule has 12 aromatic carbocycles. The molecule has 0 radical (unpaired) electrons. The summed E-state index contributed by atoms with van der Waals surface area (Å²) < 4.78 is 0. The maximum Gasteiger partial charge on any atom is -0.00139 e. The van der Waals surface area contributed by atoms with Gasteiger partial charge in [-0.1, -0.05) is 218 Å². The molecule has 0 amide bonds. The summed E-state index contributed by atoms with van der Waals surface area (Å²) in [7, 11) is 0. The van der Waals surface area contributed by atoms with Crippen LogP contribution in [0, 0.1) is 0 Å². The molecule has 0 atom stereocenters. The minimum Gasteiger partial charge on any atom is -0.0622 e. The van der Waals surface area contributed by atoms with Crippen LogP contribution in [0.5, 0.6) is 0 Å². The van der Waals surface area contributed by atoms with Crippen molar-refractivity contribution in [3.8, 4) is 66.8 Å². The largest absolute Gasteiger partial charge is 0.0622 e. The van der Waals surface area contributed by atoms with Crippen molar-refractivity contribution in [3.05, 3.63) is 231 Å². The standard InChI is InChI=1S/C60H38/c1-3-13-39(14-4-1)41-25-29-45(30-26-41)55-37-57(49-23-11-19-43-17-7-9-21-47(43)49)53-36-34-52-56(46-31-27-42(28-32-46)40-15-5-2-6-16-40)38-58(54-35-33-51(55)59(53)60(52)54)50-24-12-20-44-18-8-10-22-48(44)50/h1-38H. The molecule has 12 rings (SSSR count). The molecule has 0 aliphatic heterocycles. The summed E-state index contributed by atoms with van der Waals surface area (Å²) in [6.45, 7) is 0. The highest BCUT2D eigenvalue weighted by molar-refractivity contribution is 6.32. The van der Waals surface area contributed by atoms with E-state index in [-0.39, 0.29) is 0 Å². The van der Waals surface area contributed by atoms with Crippen LogP contribution in [0.2, 0.25) is 0 Å². The van der Waals surface area contributed by atoms with Gasteiger partial charge in [-0.15, -0.1) is 0 Å². The van der Waals surface area contributed by atoms with Gasteiger partial charge < -0.3 is 0 Å². The average molecular weight is 759 g/mol. The molecule has 0 heteroatoms. The van der Waals surface area contributed by atoms with Gasteiger partial charge in [-0.25, -0.2) is 0 Å². The Morgan fingerprint density at radius 2 is 0.483 bits per heavy atom. The highest BCUT2D eigenvalue weighted by atomic mass is 14.2. The van der Waals surface area contributed by atoms with Gasteiger partial charge in [0.2, 0.25) is 0 Å². The molecular weight excluding hydrogens is 721 g/mol. The van der Waals surface area contributed by atoms with Crippen LogP contribution in [0.25, 0.3) is 121 Å². The van der Waals surface area contributed by atoms with Crippen molar-refractivity contribution in [2.24, 2.45) is 0 Å². The Balaban J connectivity index is 1.19. The Labute approximate surface area is 349 Å². The highest BCUT2D eigenvalue weighted by Gasteiger charge is 2.22. The summed E-state index contributed by atoms with van der Waals surface area (Å²) in [4.78, 5) is 0. The maximum atomic E-state index is 2.45. The zero-order valence-corrected chi connectivity index (χ0v) is 32.9. The molecule has 0 aliphatic rings. The van der Waals surface area contributed by atoms with Gasteiger partial charge in [-0.05, 0) is 133 Å². The van der Waals surface area contributed by atoms with Crippen LogP contribution < -0.4 is 0 Å². The predicted molar refractivity (Wildman–Crippen MR) is 258 cm³/mol. The van der Waals surface area contributed by atoms with E-state index >= 15 is 0 Å². The zero-order chi connectivity index (χ0) is 39.6. The number of hydrogen-bond donors (Lipinski definition) is 0. The summed E-state index contributed by atoms with van der Waals surface area (Å²) in [6.07, 6.45) is 0. The van der Waals surface area contributed by atoms with Crippen LogP contribution in [0.3, 0.4) is 0 Å². The highest BCUT2D eigenvalue weighted by Crippen LogP contribution is 2.50. The van der Waals surface area contributed by atoms with E-state index in [9.17, 15) is 0 Å². The molecule has 0 spiro atoms. The van der Waals surface area contributed by atoms with Crippen molar-refractivity contribution < 1.29 is 0 Å². The number of fused-ring (bicyclic) bond motifs is 2. The summed E-state index contributed by atoms with van der Waals surface area (Å²) >= 11 is 0. The van der Waals surface area contributed by atoms with Crippen molar-refractivity contribution in [2.45, 2.75) is 0 Å². The molecule has 0 nitrogen and oxygen atoms in total. The van der Waals surface area contributed by atoms with Gasteiger partial charge in [-0.2, -0.15) is 0 Å². The van der Waals surface area contributed by atoms with Gasteiger partial charge in [0.25, 0.3) is 0 Å². The first-order chi connectivity index (χ1) is 29.8. The fraction of sp³-hybridized carbons (Fsp3) is 0. The van der Waals surface area contributed by atoms with Gasteiger partial charge in [0.1, 0.15) is 0 Å². The molecule has 0 unspecified atom stereocenters. The lowest BCUT2D eigenvalue weighted by Crippen LogP contribution is -1.95. The molecule has 0 N–H and O–H groups in total. The molecule has 0 bridgehead atoms. The lowest BCUT2D eigenvalue weighted by molar-refractivity contribution is 1.60. The van der Waals surface area contributed by atoms with Crippen LogP contribution in [-0.4, -0.2) is 0 Å². The lowest BCUT2D eigenvalue weighted by Gasteiger charge is -2.22. The summed E-state index contributed by atoms with van der Waals surface area (Å²) in [5.74, 6) is 0. The van der Waals surface area contributed by atoms with Gasteiger partial charge >= 0.3 is 0 Å². The van der Waals surface area contributed by atoms with Gasteiger partial charge in [0, 0.05) is 0 Å². The second kappa shape index (κ2) is 13.9. The lowest BCUT2D eigenvalue weighted by atomic mass is 9.81. The number of rotatable bonds is 6. The molecular formula is C60H38. The molecule has 0 aromatic heterocycles. The SMILES string of the molecule is c1ccc(-c2ccc(-c3cc(-c4cccc5ccccc45)c4ccc5c(-c6ccc(-c7ccccc7)cc6)cc(-c6cccc7ccccc67)c6ccc3c4c56)cc2)cc1. The van der Waals surface area contributed by atoms with E-state index in [0.29, 0.717) is 0 Å². The third-order valence-corrected chi connectivity index (χ3v) is 12.7. The van der Waals surface area contributed by atoms with Crippen LogP contribution in [0.1, 0.15) is 0 Å². The first-order valence-electron chi connectivity index (χ1n) is 20.8. The molecule has 0 heterocycles. The summed E-state index contributed by atoms with van der Waals surface area (Å²) in [5, 5.41) is 12.7. The van der Waals surface area contributed by atoms with Crippen molar-refractivity contribution in [1.82, 2.24) is 0 Å². The van der Waals surface area contributed by atoms with E-state index in [4.69, 9.17) is 0 Å². The second-order valence-electron chi connectivity index (χ2n) is 16.0. The quantitative estimate of drug-likeness (QED) is 0.148. The normalized spacial score (nSPS) is 11.7. The summed E-state index contributed by atoms with van der Waals surface area (Å²) in [6, 6.07) is 85.2. The number of hydrogen-bond acceptors (Lipinski definition) is 0. The predicted octanol–water partition coefficient (Wildman–Crippen LogP) is 16.9. The van der Waals surface area contributed by atoms with Gasteiger partial charge in [0.15, 0.2) is 0 Å². The average Bonchev–Trinajstić information content (AvgIpc) is 3.33. The Kier molecular flexibility index (Phi) is 7.96. The fourth-order valence-corrected chi connectivity index (χ4v) is 9.78. The minimum atomic E-state index is 1.21. The molecule has 60 heavy (non-hydrogen) atoms. The molecule has 0 saturated carbocycles. The molecule has 278 valence electrons. The Morgan fingerprint density at radius 1 is 0.167 bits per heavy atom. The van der Waals surface area contributed by atoms with Crippen LogP contribution >= 0.6 is 0 Å². The molecule has 12 aromatic rings. The van der Waals surface area contributed by atoms with E-state index < -0.39 is 0 Å². The molecule has 0 saturated heterocycles.